The fourth-order valence-electron chi connectivity index (χ4n) is 3.55. The van der Waals surface area contributed by atoms with Crippen LogP contribution in [-0.2, 0) is 0 Å². The van der Waals surface area contributed by atoms with Gasteiger partial charge in [0.15, 0.2) is 0 Å². The molecule has 1 aliphatic heterocycles. The smallest absolute Gasteiger partial charge is 0.262 e. The summed E-state index contributed by atoms with van der Waals surface area (Å²) in [7, 11) is 3.01. The molecule has 0 aliphatic carbocycles. The number of carbonyl (C=O) groups is 3. The minimum Gasteiger partial charge on any atom is -0.497 e. The Labute approximate surface area is 172 Å². The molecule has 0 saturated carbocycles. The minimum atomic E-state index is -0.851. The van der Waals surface area contributed by atoms with Crippen LogP contribution in [0.3, 0.4) is 0 Å². The highest BCUT2D eigenvalue weighted by Gasteiger charge is 2.41. The van der Waals surface area contributed by atoms with Crippen LogP contribution in [0.1, 0.15) is 43.5 Å². The normalized spacial score (nSPS) is 13.9. The number of rotatable bonds is 6. The molecule has 8 nitrogen and oxygen atoms in total. The van der Waals surface area contributed by atoms with Gasteiger partial charge in [-0.05, 0) is 29.8 Å². The Morgan fingerprint density at radius 2 is 1.60 bits per heavy atom. The first-order valence-corrected chi connectivity index (χ1v) is 9.24. The quantitative estimate of drug-likeness (QED) is 0.586. The standard InChI is InChI=1S/C22H19N3O5/c1-29-15-9-14(10-16(11-15)30-2)19(12-20(26)24-8-7-23-13-24)25-21(27)17-5-3-4-6-18(17)22(25)28/h3-11,13,19H,12H2,1-2H3. The van der Waals surface area contributed by atoms with Crippen LogP contribution in [0.25, 0.3) is 0 Å². The van der Waals surface area contributed by atoms with E-state index in [0.717, 1.165) is 4.90 Å². The van der Waals surface area contributed by atoms with E-state index in [9.17, 15) is 14.4 Å². The van der Waals surface area contributed by atoms with Gasteiger partial charge >= 0.3 is 0 Å². The second-order valence-corrected chi connectivity index (χ2v) is 6.76. The van der Waals surface area contributed by atoms with E-state index < -0.39 is 17.9 Å². The number of amides is 2. The van der Waals surface area contributed by atoms with Gasteiger partial charge in [-0.15, -0.1) is 0 Å². The van der Waals surface area contributed by atoms with Crippen molar-refractivity contribution in [1.29, 1.82) is 0 Å². The zero-order chi connectivity index (χ0) is 21.3. The molecular formula is C22H19N3O5. The fraction of sp³-hybridized carbons (Fsp3) is 0.182. The molecule has 2 amide bonds. The third kappa shape index (κ3) is 3.32. The molecule has 2 heterocycles. The molecule has 0 bridgehead atoms. The van der Waals surface area contributed by atoms with Crippen LogP contribution in [0.15, 0.2) is 61.2 Å². The fourth-order valence-corrected chi connectivity index (χ4v) is 3.55. The van der Waals surface area contributed by atoms with Gasteiger partial charge in [-0.1, -0.05) is 12.1 Å². The number of aromatic nitrogens is 2. The maximum atomic E-state index is 13.1. The van der Waals surface area contributed by atoms with Gasteiger partial charge in [0.2, 0.25) is 5.91 Å². The second-order valence-electron chi connectivity index (χ2n) is 6.76. The maximum Gasteiger partial charge on any atom is 0.262 e. The number of hydrogen-bond acceptors (Lipinski definition) is 6. The predicted molar refractivity (Wildman–Crippen MR) is 107 cm³/mol. The summed E-state index contributed by atoms with van der Waals surface area (Å²) in [5.41, 5.74) is 1.18. The van der Waals surface area contributed by atoms with Gasteiger partial charge in [-0.3, -0.25) is 23.9 Å². The lowest BCUT2D eigenvalue weighted by molar-refractivity contribution is 0.0561. The van der Waals surface area contributed by atoms with E-state index in [-0.39, 0.29) is 12.3 Å². The molecule has 4 rings (SSSR count). The first kappa shape index (κ1) is 19.4. The maximum absolute atomic E-state index is 13.1. The van der Waals surface area contributed by atoms with Crippen molar-refractivity contribution < 1.29 is 23.9 Å². The van der Waals surface area contributed by atoms with Crippen molar-refractivity contribution in [3.8, 4) is 11.5 Å². The van der Waals surface area contributed by atoms with Crippen molar-refractivity contribution in [1.82, 2.24) is 14.5 Å². The molecule has 1 aliphatic rings. The van der Waals surface area contributed by atoms with Crippen molar-refractivity contribution in [2.75, 3.05) is 14.2 Å². The van der Waals surface area contributed by atoms with Gasteiger partial charge in [0, 0.05) is 18.5 Å². The van der Waals surface area contributed by atoms with Gasteiger partial charge < -0.3 is 9.47 Å². The number of ether oxygens (including phenoxy) is 2. The van der Waals surface area contributed by atoms with E-state index in [4.69, 9.17) is 9.47 Å². The Balaban J connectivity index is 1.80. The molecule has 0 spiro atoms. The summed E-state index contributed by atoms with van der Waals surface area (Å²) in [6.07, 6.45) is 4.27. The molecule has 3 aromatic rings. The van der Waals surface area contributed by atoms with Crippen molar-refractivity contribution >= 4 is 17.7 Å². The average Bonchev–Trinajstić information content (AvgIpc) is 3.40. The Morgan fingerprint density at radius 1 is 1.00 bits per heavy atom. The highest BCUT2D eigenvalue weighted by molar-refractivity contribution is 6.21. The Kier molecular flexibility index (Phi) is 5.05. The molecule has 2 aromatic carbocycles. The zero-order valence-corrected chi connectivity index (χ0v) is 16.4. The Bertz CT molecular complexity index is 1070. The van der Waals surface area contributed by atoms with Crippen LogP contribution in [-0.4, -0.2) is 46.4 Å². The lowest BCUT2D eigenvalue weighted by Crippen LogP contribution is -2.36. The lowest BCUT2D eigenvalue weighted by atomic mass is 10.0. The van der Waals surface area contributed by atoms with Crippen molar-refractivity contribution in [3.05, 3.63) is 77.9 Å². The predicted octanol–water partition coefficient (Wildman–Crippen LogP) is 2.97. The van der Waals surface area contributed by atoms with Gasteiger partial charge in [-0.25, -0.2) is 4.98 Å². The number of nitrogens with zero attached hydrogens (tertiary/aromatic N) is 3. The second kappa shape index (κ2) is 7.82. The summed E-state index contributed by atoms with van der Waals surface area (Å²) in [4.78, 5) is 44.1. The topological polar surface area (TPSA) is 90.7 Å². The number of imidazole rings is 1. The van der Waals surface area contributed by atoms with E-state index in [1.807, 2.05) is 0 Å². The summed E-state index contributed by atoms with van der Waals surface area (Å²) in [5, 5.41) is 0. The van der Waals surface area contributed by atoms with Gasteiger partial charge in [0.05, 0.1) is 37.8 Å². The zero-order valence-electron chi connectivity index (χ0n) is 16.4. The summed E-state index contributed by atoms with van der Waals surface area (Å²) in [5.74, 6) is -0.223. The summed E-state index contributed by atoms with van der Waals surface area (Å²) in [6, 6.07) is 10.8. The average molecular weight is 405 g/mol. The van der Waals surface area contributed by atoms with Crippen molar-refractivity contribution in [3.63, 3.8) is 0 Å². The van der Waals surface area contributed by atoms with E-state index in [1.54, 1.807) is 42.5 Å². The van der Waals surface area contributed by atoms with Crippen LogP contribution in [0, 0.1) is 0 Å². The van der Waals surface area contributed by atoms with Gasteiger partial charge in [0.1, 0.15) is 17.8 Å². The Hall–Kier alpha value is -3.94. The first-order chi connectivity index (χ1) is 14.5. The summed E-state index contributed by atoms with van der Waals surface area (Å²) in [6.45, 7) is 0. The molecule has 152 valence electrons. The molecule has 1 aromatic heterocycles. The highest BCUT2D eigenvalue weighted by Crippen LogP contribution is 2.36. The largest absolute Gasteiger partial charge is 0.497 e. The number of hydrogen-bond donors (Lipinski definition) is 0. The molecule has 30 heavy (non-hydrogen) atoms. The van der Waals surface area contributed by atoms with Crippen LogP contribution < -0.4 is 9.47 Å². The van der Waals surface area contributed by atoms with Crippen LogP contribution in [0.4, 0.5) is 0 Å². The number of benzene rings is 2. The molecule has 1 unspecified atom stereocenters. The number of carbonyl (C=O) groups excluding carboxylic acids is 3. The SMILES string of the molecule is COc1cc(OC)cc(C(CC(=O)n2ccnc2)N2C(=O)c3ccccc3C2=O)c1. The van der Waals surface area contributed by atoms with Crippen molar-refractivity contribution in [2.45, 2.75) is 12.5 Å². The number of fused-ring (bicyclic) bond motifs is 1. The van der Waals surface area contributed by atoms with E-state index >= 15 is 0 Å². The molecular weight excluding hydrogens is 386 g/mol. The third-order valence-electron chi connectivity index (χ3n) is 5.06. The van der Waals surface area contributed by atoms with E-state index in [1.165, 1.54) is 37.5 Å². The van der Waals surface area contributed by atoms with Crippen molar-refractivity contribution in [2.24, 2.45) is 0 Å². The van der Waals surface area contributed by atoms with Gasteiger partial charge in [-0.2, -0.15) is 0 Å². The summed E-state index contributed by atoms with van der Waals surface area (Å²) < 4.78 is 12.0. The van der Waals surface area contributed by atoms with Crippen LogP contribution >= 0.6 is 0 Å². The molecule has 8 heteroatoms. The minimum absolute atomic E-state index is 0.127. The number of imide groups is 1. The van der Waals surface area contributed by atoms with Crippen LogP contribution in [0.2, 0.25) is 0 Å². The molecule has 0 fully saturated rings. The van der Waals surface area contributed by atoms with E-state index in [0.29, 0.717) is 28.2 Å². The highest BCUT2D eigenvalue weighted by atomic mass is 16.5. The molecule has 0 saturated heterocycles. The van der Waals surface area contributed by atoms with E-state index in [2.05, 4.69) is 4.98 Å². The van der Waals surface area contributed by atoms with Crippen LogP contribution in [0.5, 0.6) is 11.5 Å². The first-order valence-electron chi connectivity index (χ1n) is 9.24. The third-order valence-corrected chi connectivity index (χ3v) is 5.06. The Morgan fingerprint density at radius 3 is 2.10 bits per heavy atom. The molecule has 1 atom stereocenters. The monoisotopic (exact) mass is 405 g/mol. The number of methoxy groups -OCH3 is 2. The molecule has 0 radical (unpaired) electrons. The summed E-state index contributed by atoms with van der Waals surface area (Å²) >= 11 is 0. The lowest BCUT2D eigenvalue weighted by Gasteiger charge is -2.27. The molecule has 0 N–H and O–H groups in total. The van der Waals surface area contributed by atoms with Gasteiger partial charge in [0.25, 0.3) is 11.8 Å².